The van der Waals surface area contributed by atoms with Gasteiger partial charge in [-0.15, -0.1) is 0 Å². The van der Waals surface area contributed by atoms with E-state index in [-0.39, 0.29) is 11.8 Å². The first-order valence-electron chi connectivity index (χ1n) is 11.5. The van der Waals surface area contributed by atoms with Crippen molar-refractivity contribution >= 4 is 34.0 Å². The van der Waals surface area contributed by atoms with Crippen molar-refractivity contribution in [2.75, 3.05) is 14.2 Å². The number of carbonyl (C=O) groups is 2. The van der Waals surface area contributed by atoms with E-state index in [4.69, 9.17) is 9.47 Å². The molecule has 0 radical (unpaired) electrons. The van der Waals surface area contributed by atoms with Crippen LogP contribution in [0.1, 0.15) is 36.5 Å². The van der Waals surface area contributed by atoms with Gasteiger partial charge in [0.2, 0.25) is 5.91 Å². The number of ether oxygens (including phenoxy) is 2. The van der Waals surface area contributed by atoms with Crippen molar-refractivity contribution in [1.82, 2.24) is 10.7 Å². The summed E-state index contributed by atoms with van der Waals surface area (Å²) >= 11 is 3.44. The van der Waals surface area contributed by atoms with Crippen molar-refractivity contribution in [3.05, 3.63) is 94.0 Å². The molecule has 3 aromatic rings. The number of hydrazone groups is 1. The van der Waals surface area contributed by atoms with E-state index in [2.05, 4.69) is 31.8 Å². The second-order valence-electron chi connectivity index (χ2n) is 8.46. The predicted molar refractivity (Wildman–Crippen MR) is 144 cm³/mol. The van der Waals surface area contributed by atoms with Gasteiger partial charge < -0.3 is 14.8 Å². The number of nitrogens with one attached hydrogen (secondary N) is 2. The molecule has 8 heteroatoms. The summed E-state index contributed by atoms with van der Waals surface area (Å²) in [7, 11) is 3.10. The average Bonchev–Trinajstić information content (AvgIpc) is 2.88. The van der Waals surface area contributed by atoms with Gasteiger partial charge in [-0.05, 0) is 50.7 Å². The third kappa shape index (κ3) is 6.73. The normalized spacial score (nSPS) is 12.0. The Morgan fingerprint density at radius 1 is 0.889 bits per heavy atom. The lowest BCUT2D eigenvalue weighted by atomic mass is 9.89. The number of hydrogen-bond donors (Lipinski definition) is 2. The van der Waals surface area contributed by atoms with Gasteiger partial charge in [-0.2, -0.15) is 5.10 Å². The van der Waals surface area contributed by atoms with E-state index in [0.29, 0.717) is 21.5 Å². The summed E-state index contributed by atoms with van der Waals surface area (Å²) in [4.78, 5) is 26.5. The Hall–Kier alpha value is -3.65. The van der Waals surface area contributed by atoms with Crippen molar-refractivity contribution in [3.8, 4) is 11.5 Å². The summed E-state index contributed by atoms with van der Waals surface area (Å²) in [6, 6.07) is 21.8. The highest BCUT2D eigenvalue weighted by Gasteiger charge is 2.29. The van der Waals surface area contributed by atoms with Crippen molar-refractivity contribution in [3.63, 3.8) is 0 Å². The molecular weight excluding hydrogens is 522 g/mol. The Labute approximate surface area is 220 Å². The third-order valence-electron chi connectivity index (χ3n) is 5.62. The smallest absolute Gasteiger partial charge is 0.262 e. The third-order valence-corrected chi connectivity index (χ3v) is 6.21. The highest BCUT2D eigenvalue weighted by Crippen LogP contribution is 2.35. The zero-order valence-electron chi connectivity index (χ0n) is 20.7. The van der Waals surface area contributed by atoms with Gasteiger partial charge in [0, 0.05) is 0 Å². The van der Waals surface area contributed by atoms with Gasteiger partial charge in [0.05, 0.1) is 30.8 Å². The fourth-order valence-electron chi connectivity index (χ4n) is 3.81. The SMILES string of the molecule is COc1cc(/C=N\NC(=O)[C@@H](NC(=O)C(c2ccccc2)c2ccccc2)C(C)C)cc(Br)c1OC. The number of methoxy groups -OCH3 is 2. The van der Waals surface area contributed by atoms with E-state index in [1.165, 1.54) is 6.21 Å². The molecule has 0 aliphatic rings. The minimum absolute atomic E-state index is 0.161. The molecule has 0 aliphatic heterocycles. The summed E-state index contributed by atoms with van der Waals surface area (Å²) in [6.45, 7) is 3.75. The van der Waals surface area contributed by atoms with E-state index in [1.807, 2.05) is 74.5 Å². The van der Waals surface area contributed by atoms with E-state index < -0.39 is 17.9 Å². The van der Waals surface area contributed by atoms with Crippen LogP contribution in [0.15, 0.2) is 82.4 Å². The monoisotopic (exact) mass is 551 g/mol. The molecule has 0 unspecified atom stereocenters. The summed E-state index contributed by atoms with van der Waals surface area (Å²) in [5.41, 5.74) is 4.94. The second kappa shape index (κ2) is 12.9. The number of amides is 2. The van der Waals surface area contributed by atoms with Gasteiger partial charge in [-0.3, -0.25) is 9.59 Å². The van der Waals surface area contributed by atoms with Crippen LogP contribution in [-0.4, -0.2) is 38.3 Å². The summed E-state index contributed by atoms with van der Waals surface area (Å²) in [5, 5.41) is 7.03. The van der Waals surface area contributed by atoms with Crippen molar-refractivity contribution in [2.45, 2.75) is 25.8 Å². The minimum atomic E-state index is -0.776. The van der Waals surface area contributed by atoms with Gasteiger partial charge in [0.15, 0.2) is 11.5 Å². The fourth-order valence-corrected chi connectivity index (χ4v) is 4.43. The summed E-state index contributed by atoms with van der Waals surface area (Å²) in [5.74, 6) is -0.281. The molecular formula is C28H30BrN3O4. The van der Waals surface area contributed by atoms with Gasteiger partial charge in [-0.1, -0.05) is 74.5 Å². The molecule has 0 aliphatic carbocycles. The lowest BCUT2D eigenvalue weighted by Crippen LogP contribution is -2.50. The van der Waals surface area contributed by atoms with E-state index in [1.54, 1.807) is 26.4 Å². The molecule has 0 fully saturated rings. The van der Waals surface area contributed by atoms with Gasteiger partial charge >= 0.3 is 0 Å². The molecule has 0 heterocycles. The molecule has 0 saturated heterocycles. The Morgan fingerprint density at radius 2 is 1.47 bits per heavy atom. The van der Waals surface area contributed by atoms with E-state index in [9.17, 15) is 9.59 Å². The summed E-state index contributed by atoms with van der Waals surface area (Å²) < 4.78 is 11.4. The number of carbonyl (C=O) groups excluding carboxylic acids is 2. The lowest BCUT2D eigenvalue weighted by molar-refractivity contribution is -0.130. The minimum Gasteiger partial charge on any atom is -0.493 e. The van der Waals surface area contributed by atoms with Crippen LogP contribution >= 0.6 is 15.9 Å². The highest BCUT2D eigenvalue weighted by atomic mass is 79.9. The van der Waals surface area contributed by atoms with Crippen LogP contribution in [0.5, 0.6) is 11.5 Å². The molecule has 0 bridgehead atoms. The number of benzene rings is 3. The van der Waals surface area contributed by atoms with Gasteiger partial charge in [-0.25, -0.2) is 5.43 Å². The van der Waals surface area contributed by atoms with Gasteiger partial charge in [0.1, 0.15) is 6.04 Å². The van der Waals surface area contributed by atoms with Crippen LogP contribution in [0.2, 0.25) is 0 Å². The van der Waals surface area contributed by atoms with Crippen LogP contribution < -0.4 is 20.2 Å². The molecule has 0 saturated carbocycles. The van der Waals surface area contributed by atoms with E-state index >= 15 is 0 Å². The van der Waals surface area contributed by atoms with Crippen LogP contribution in [0.25, 0.3) is 0 Å². The first-order valence-corrected chi connectivity index (χ1v) is 12.3. The van der Waals surface area contributed by atoms with Crippen LogP contribution in [0.3, 0.4) is 0 Å². The predicted octanol–water partition coefficient (Wildman–Crippen LogP) is 4.89. The molecule has 3 aromatic carbocycles. The standard InChI is InChI=1S/C28H30BrN3O4/c1-18(2)25(28(34)32-30-17-19-15-22(29)26(36-4)23(16-19)35-3)31-27(33)24(20-11-7-5-8-12-20)21-13-9-6-10-14-21/h5-18,24-25H,1-4H3,(H,31,33)(H,32,34)/b30-17-/t25-/m0/s1. The highest BCUT2D eigenvalue weighted by molar-refractivity contribution is 9.10. The lowest BCUT2D eigenvalue weighted by Gasteiger charge is -2.24. The fraction of sp³-hybridized carbons (Fsp3) is 0.250. The molecule has 2 amide bonds. The molecule has 2 N–H and O–H groups in total. The largest absolute Gasteiger partial charge is 0.493 e. The molecule has 0 aromatic heterocycles. The first-order chi connectivity index (χ1) is 17.3. The molecule has 1 atom stereocenters. The summed E-state index contributed by atoms with van der Waals surface area (Å²) in [6.07, 6.45) is 1.50. The zero-order valence-corrected chi connectivity index (χ0v) is 22.3. The Morgan fingerprint density at radius 3 is 1.97 bits per heavy atom. The first kappa shape index (κ1) is 26.9. The van der Waals surface area contributed by atoms with Crippen molar-refractivity contribution in [1.29, 1.82) is 0 Å². The second-order valence-corrected chi connectivity index (χ2v) is 9.31. The number of hydrogen-bond acceptors (Lipinski definition) is 5. The van der Waals surface area contributed by atoms with E-state index in [0.717, 1.165) is 11.1 Å². The maximum atomic E-state index is 13.5. The zero-order chi connectivity index (χ0) is 26.1. The topological polar surface area (TPSA) is 89.0 Å². The maximum Gasteiger partial charge on any atom is 0.262 e. The van der Waals surface area contributed by atoms with Crippen molar-refractivity contribution < 1.29 is 19.1 Å². The van der Waals surface area contributed by atoms with Gasteiger partial charge in [0.25, 0.3) is 5.91 Å². The quantitative estimate of drug-likeness (QED) is 0.277. The molecule has 36 heavy (non-hydrogen) atoms. The van der Waals surface area contributed by atoms with Crippen molar-refractivity contribution in [2.24, 2.45) is 11.0 Å². The Balaban J connectivity index is 1.76. The van der Waals surface area contributed by atoms with Crippen LogP contribution in [-0.2, 0) is 9.59 Å². The number of halogens is 1. The van der Waals surface area contributed by atoms with Crippen LogP contribution in [0.4, 0.5) is 0 Å². The average molecular weight is 552 g/mol. The molecule has 7 nitrogen and oxygen atoms in total. The molecule has 188 valence electrons. The molecule has 3 rings (SSSR count). The molecule has 0 spiro atoms. The Kier molecular flexibility index (Phi) is 9.64. The maximum absolute atomic E-state index is 13.5. The number of rotatable bonds is 10. The number of nitrogens with zero attached hydrogens (tertiary/aromatic N) is 1. The Bertz CT molecular complexity index is 1160. The van der Waals surface area contributed by atoms with Crippen LogP contribution in [0, 0.1) is 5.92 Å².